The minimum absolute atomic E-state index is 0.505. The zero-order valence-electron chi connectivity index (χ0n) is 13.9. The summed E-state index contributed by atoms with van der Waals surface area (Å²) in [6, 6.07) is 9.50. The van der Waals surface area contributed by atoms with Crippen LogP contribution in [0.1, 0.15) is 58.1 Å². The van der Waals surface area contributed by atoms with Gasteiger partial charge in [-0.1, -0.05) is 45.7 Å². The molecule has 0 heterocycles. The van der Waals surface area contributed by atoms with Crippen molar-refractivity contribution in [1.29, 1.82) is 0 Å². The highest BCUT2D eigenvalue weighted by Crippen LogP contribution is 2.23. The van der Waals surface area contributed by atoms with Gasteiger partial charge in [0.25, 0.3) is 0 Å². The lowest BCUT2D eigenvalue weighted by Gasteiger charge is -2.21. The molecule has 114 valence electrons. The molecule has 0 saturated carbocycles. The van der Waals surface area contributed by atoms with Gasteiger partial charge >= 0.3 is 0 Å². The van der Waals surface area contributed by atoms with E-state index in [9.17, 15) is 0 Å². The summed E-state index contributed by atoms with van der Waals surface area (Å²) in [6.07, 6.45) is 5.05. The van der Waals surface area contributed by atoms with E-state index in [1.54, 1.807) is 0 Å². The van der Waals surface area contributed by atoms with Gasteiger partial charge in [0.05, 0.1) is 0 Å². The quantitative estimate of drug-likeness (QED) is 0.708. The van der Waals surface area contributed by atoms with Crippen LogP contribution in [-0.4, -0.2) is 20.6 Å². The van der Waals surface area contributed by atoms with Crippen LogP contribution in [0.15, 0.2) is 24.3 Å². The Morgan fingerprint density at radius 3 is 2.20 bits per heavy atom. The molecule has 0 aliphatic rings. The molecule has 1 atom stereocenters. The summed E-state index contributed by atoms with van der Waals surface area (Å²) in [5.41, 5.74) is 2.69. The smallest absolute Gasteiger partial charge is 0.0361 e. The van der Waals surface area contributed by atoms with E-state index in [0.29, 0.717) is 6.04 Å². The van der Waals surface area contributed by atoms with Crippen LogP contribution in [0.4, 0.5) is 5.69 Å². The van der Waals surface area contributed by atoms with Crippen molar-refractivity contribution in [3.05, 3.63) is 29.8 Å². The van der Waals surface area contributed by atoms with E-state index >= 15 is 0 Å². The SMILES string of the molecule is CCCNC(CCCC(C)C)c1ccc(N(C)C)cc1. The second-order valence-corrected chi connectivity index (χ2v) is 6.32. The van der Waals surface area contributed by atoms with Crippen LogP contribution in [0.25, 0.3) is 0 Å². The van der Waals surface area contributed by atoms with Gasteiger partial charge in [-0.3, -0.25) is 0 Å². The Balaban J connectivity index is 2.65. The molecule has 2 nitrogen and oxygen atoms in total. The van der Waals surface area contributed by atoms with Crippen LogP contribution in [0.2, 0.25) is 0 Å². The van der Waals surface area contributed by atoms with Crippen molar-refractivity contribution in [3.8, 4) is 0 Å². The Labute approximate surface area is 125 Å². The first-order valence-corrected chi connectivity index (χ1v) is 8.05. The van der Waals surface area contributed by atoms with Gasteiger partial charge in [0.2, 0.25) is 0 Å². The van der Waals surface area contributed by atoms with Gasteiger partial charge in [0, 0.05) is 25.8 Å². The first kappa shape index (κ1) is 17.0. The van der Waals surface area contributed by atoms with Gasteiger partial charge in [0.15, 0.2) is 0 Å². The highest BCUT2D eigenvalue weighted by molar-refractivity contribution is 5.46. The van der Waals surface area contributed by atoms with E-state index in [0.717, 1.165) is 12.5 Å². The van der Waals surface area contributed by atoms with E-state index in [4.69, 9.17) is 0 Å². The number of hydrogen-bond donors (Lipinski definition) is 1. The molecule has 0 fully saturated rings. The molecule has 1 aromatic carbocycles. The fourth-order valence-electron chi connectivity index (χ4n) is 2.44. The van der Waals surface area contributed by atoms with E-state index in [-0.39, 0.29) is 0 Å². The summed E-state index contributed by atoms with van der Waals surface area (Å²) < 4.78 is 0. The van der Waals surface area contributed by atoms with Gasteiger partial charge in [0.1, 0.15) is 0 Å². The average Bonchev–Trinajstić information content (AvgIpc) is 2.42. The summed E-state index contributed by atoms with van der Waals surface area (Å²) in [6.45, 7) is 7.94. The van der Waals surface area contributed by atoms with Crippen LogP contribution in [0.3, 0.4) is 0 Å². The third-order valence-corrected chi connectivity index (χ3v) is 3.73. The lowest BCUT2D eigenvalue weighted by Crippen LogP contribution is -2.22. The van der Waals surface area contributed by atoms with Crippen molar-refractivity contribution < 1.29 is 0 Å². The molecular weight excluding hydrogens is 244 g/mol. The molecule has 1 unspecified atom stereocenters. The summed E-state index contributed by atoms with van der Waals surface area (Å²) in [5, 5.41) is 3.69. The van der Waals surface area contributed by atoms with Gasteiger partial charge in [-0.05, 0) is 43.0 Å². The first-order valence-electron chi connectivity index (χ1n) is 8.05. The molecule has 1 rings (SSSR count). The fourth-order valence-corrected chi connectivity index (χ4v) is 2.44. The molecule has 1 N–H and O–H groups in total. The van der Waals surface area contributed by atoms with Crippen molar-refractivity contribution in [2.45, 2.75) is 52.5 Å². The normalized spacial score (nSPS) is 12.7. The lowest BCUT2D eigenvalue weighted by atomic mass is 9.97. The fraction of sp³-hybridized carbons (Fsp3) is 0.667. The highest BCUT2D eigenvalue weighted by atomic mass is 15.1. The molecule has 1 aromatic rings. The number of nitrogens with one attached hydrogen (secondary N) is 1. The molecule has 0 aliphatic heterocycles. The maximum absolute atomic E-state index is 3.69. The molecular formula is C18H32N2. The maximum atomic E-state index is 3.69. The molecule has 0 saturated heterocycles. The average molecular weight is 276 g/mol. The minimum atomic E-state index is 0.505. The number of nitrogens with zero attached hydrogens (tertiary/aromatic N) is 1. The Morgan fingerprint density at radius 2 is 1.70 bits per heavy atom. The predicted molar refractivity (Wildman–Crippen MR) is 90.5 cm³/mol. The van der Waals surface area contributed by atoms with E-state index in [2.05, 4.69) is 69.3 Å². The first-order chi connectivity index (χ1) is 9.54. The van der Waals surface area contributed by atoms with Crippen molar-refractivity contribution in [1.82, 2.24) is 5.32 Å². The van der Waals surface area contributed by atoms with Crippen molar-refractivity contribution in [2.24, 2.45) is 5.92 Å². The number of anilines is 1. The summed E-state index contributed by atoms with van der Waals surface area (Å²) in [7, 11) is 4.18. The Kier molecular flexibility index (Phi) is 7.68. The highest BCUT2D eigenvalue weighted by Gasteiger charge is 2.11. The van der Waals surface area contributed by atoms with E-state index in [1.807, 2.05) is 0 Å². The summed E-state index contributed by atoms with van der Waals surface area (Å²) >= 11 is 0. The molecule has 0 spiro atoms. The largest absolute Gasteiger partial charge is 0.378 e. The Morgan fingerprint density at radius 1 is 1.05 bits per heavy atom. The van der Waals surface area contributed by atoms with Crippen LogP contribution in [0, 0.1) is 5.92 Å². The Bertz CT molecular complexity index is 354. The monoisotopic (exact) mass is 276 g/mol. The van der Waals surface area contributed by atoms with Crippen LogP contribution in [0.5, 0.6) is 0 Å². The third kappa shape index (κ3) is 5.96. The van der Waals surface area contributed by atoms with Gasteiger partial charge in [-0.15, -0.1) is 0 Å². The molecule has 0 bridgehead atoms. The molecule has 0 radical (unpaired) electrons. The van der Waals surface area contributed by atoms with Gasteiger partial charge in [-0.25, -0.2) is 0 Å². The van der Waals surface area contributed by atoms with Crippen LogP contribution < -0.4 is 10.2 Å². The van der Waals surface area contributed by atoms with Crippen molar-refractivity contribution in [2.75, 3.05) is 25.5 Å². The van der Waals surface area contributed by atoms with Crippen molar-refractivity contribution in [3.63, 3.8) is 0 Å². The molecule has 0 aromatic heterocycles. The minimum Gasteiger partial charge on any atom is -0.378 e. The zero-order chi connectivity index (χ0) is 15.0. The van der Waals surface area contributed by atoms with Crippen molar-refractivity contribution >= 4 is 5.69 Å². The summed E-state index contributed by atoms with van der Waals surface area (Å²) in [5.74, 6) is 0.804. The lowest BCUT2D eigenvalue weighted by molar-refractivity contribution is 0.447. The second kappa shape index (κ2) is 9.02. The molecule has 20 heavy (non-hydrogen) atoms. The predicted octanol–water partition coefficient (Wildman–Crippen LogP) is 4.62. The van der Waals surface area contributed by atoms with E-state index in [1.165, 1.54) is 36.9 Å². The zero-order valence-corrected chi connectivity index (χ0v) is 13.9. The number of hydrogen-bond acceptors (Lipinski definition) is 2. The Hall–Kier alpha value is -1.02. The standard InChI is InChI=1S/C18H32N2/c1-6-14-19-18(9-7-8-15(2)3)16-10-12-17(13-11-16)20(4)5/h10-13,15,18-19H,6-9,14H2,1-5H3. The third-order valence-electron chi connectivity index (χ3n) is 3.73. The molecule has 0 amide bonds. The number of rotatable bonds is 9. The van der Waals surface area contributed by atoms with Gasteiger partial charge in [-0.2, -0.15) is 0 Å². The molecule has 0 aliphatic carbocycles. The second-order valence-electron chi connectivity index (χ2n) is 6.32. The van der Waals surface area contributed by atoms with Gasteiger partial charge < -0.3 is 10.2 Å². The molecule has 2 heteroatoms. The van der Waals surface area contributed by atoms with E-state index < -0.39 is 0 Å². The van der Waals surface area contributed by atoms with Crippen LogP contribution >= 0.6 is 0 Å². The summed E-state index contributed by atoms with van der Waals surface area (Å²) in [4.78, 5) is 2.15. The topological polar surface area (TPSA) is 15.3 Å². The maximum Gasteiger partial charge on any atom is 0.0361 e. The van der Waals surface area contributed by atoms with Crippen LogP contribution in [-0.2, 0) is 0 Å². The number of benzene rings is 1.